The molecule has 0 aromatic heterocycles. The highest BCUT2D eigenvalue weighted by molar-refractivity contribution is 7.89. The number of rotatable bonds is 10. The van der Waals surface area contributed by atoms with Crippen LogP contribution >= 0.6 is 0 Å². The van der Waals surface area contributed by atoms with Crippen molar-refractivity contribution in [2.45, 2.75) is 57.9 Å². The van der Waals surface area contributed by atoms with E-state index >= 15 is 0 Å². The minimum absolute atomic E-state index is 0.0438. The summed E-state index contributed by atoms with van der Waals surface area (Å²) in [6, 6.07) is 12.0. The second-order valence-electron chi connectivity index (χ2n) is 8.76. The van der Waals surface area contributed by atoms with E-state index in [-0.39, 0.29) is 16.8 Å². The second-order valence-corrected chi connectivity index (χ2v) is 10.7. The molecule has 2 aromatic carbocycles. The number of carbonyl (C=O) groups is 1. The largest absolute Gasteiger partial charge is 0.490 e. The molecule has 1 aliphatic rings. The lowest BCUT2D eigenvalue weighted by Crippen LogP contribution is -2.42. The molecular formula is C26H37N3O4S. The Morgan fingerprint density at radius 3 is 2.59 bits per heavy atom. The summed E-state index contributed by atoms with van der Waals surface area (Å²) in [5, 5.41) is 2.91. The number of para-hydroxylation sites is 2. The van der Waals surface area contributed by atoms with Gasteiger partial charge in [0.05, 0.1) is 10.6 Å². The molecule has 0 saturated carbocycles. The van der Waals surface area contributed by atoms with Gasteiger partial charge in [-0.1, -0.05) is 38.5 Å². The summed E-state index contributed by atoms with van der Waals surface area (Å²) < 4.78 is 34.1. The highest BCUT2D eigenvalue weighted by Crippen LogP contribution is 2.28. The number of ether oxygens (including phenoxy) is 1. The van der Waals surface area contributed by atoms with Crippen molar-refractivity contribution >= 4 is 21.6 Å². The molecule has 1 atom stereocenters. The highest BCUT2D eigenvalue weighted by Gasteiger charge is 2.31. The molecule has 0 aliphatic carbocycles. The number of nitrogens with zero attached hydrogens (tertiary/aromatic N) is 2. The normalized spacial score (nSPS) is 17.0. The van der Waals surface area contributed by atoms with Crippen molar-refractivity contribution in [1.82, 2.24) is 9.21 Å². The van der Waals surface area contributed by atoms with Gasteiger partial charge in [-0.3, -0.25) is 4.79 Å². The average molecular weight is 488 g/mol. The quantitative estimate of drug-likeness (QED) is 0.533. The Kier molecular flexibility index (Phi) is 9.10. The third-order valence-corrected chi connectivity index (χ3v) is 8.51. The Hall–Kier alpha value is -2.42. The number of aryl methyl sites for hydroxylation is 1. The molecule has 3 rings (SSSR count). The van der Waals surface area contributed by atoms with Crippen LogP contribution in [-0.4, -0.2) is 62.4 Å². The van der Waals surface area contributed by atoms with Gasteiger partial charge in [0, 0.05) is 24.7 Å². The first kappa shape index (κ1) is 26.2. The van der Waals surface area contributed by atoms with Gasteiger partial charge in [0.15, 0.2) is 0 Å². The Morgan fingerprint density at radius 1 is 1.15 bits per heavy atom. The molecule has 1 fully saturated rings. The summed E-state index contributed by atoms with van der Waals surface area (Å²) in [5.41, 5.74) is 1.61. The molecule has 34 heavy (non-hydrogen) atoms. The molecule has 1 amide bonds. The molecule has 2 aromatic rings. The zero-order valence-electron chi connectivity index (χ0n) is 20.7. The fourth-order valence-electron chi connectivity index (χ4n) is 4.28. The number of anilines is 1. The van der Waals surface area contributed by atoms with Crippen LogP contribution in [0.3, 0.4) is 0 Å². The predicted molar refractivity (Wildman–Crippen MR) is 136 cm³/mol. The lowest BCUT2D eigenvalue weighted by molar-refractivity contribution is 0.102. The first-order valence-electron chi connectivity index (χ1n) is 12.2. The van der Waals surface area contributed by atoms with E-state index in [0.29, 0.717) is 35.7 Å². The number of amides is 1. The van der Waals surface area contributed by atoms with Gasteiger partial charge in [-0.25, -0.2) is 8.42 Å². The van der Waals surface area contributed by atoms with Crippen LogP contribution in [-0.2, 0) is 10.0 Å². The summed E-state index contributed by atoms with van der Waals surface area (Å²) in [6.07, 6.45) is 2.74. The third-order valence-electron chi connectivity index (χ3n) is 6.50. The number of carbonyl (C=O) groups excluding carboxylic acids is 1. The minimum atomic E-state index is -3.67. The Labute approximate surface area is 204 Å². The molecule has 7 nitrogen and oxygen atoms in total. The summed E-state index contributed by atoms with van der Waals surface area (Å²) in [6.45, 7) is 11.7. The molecule has 0 bridgehead atoms. The van der Waals surface area contributed by atoms with Gasteiger partial charge in [0.25, 0.3) is 5.91 Å². The van der Waals surface area contributed by atoms with Crippen LogP contribution in [0, 0.1) is 6.92 Å². The SMILES string of the molecule is CCN(CC)CCOc1ccccc1NC(=O)c1cc(S(=O)(=O)N2CCCCC2C)ccc1C. The Balaban J connectivity index is 1.78. The minimum Gasteiger partial charge on any atom is -0.490 e. The van der Waals surface area contributed by atoms with E-state index in [0.717, 1.165) is 38.9 Å². The van der Waals surface area contributed by atoms with Crippen LogP contribution in [0.15, 0.2) is 47.4 Å². The van der Waals surface area contributed by atoms with E-state index in [2.05, 4.69) is 24.1 Å². The van der Waals surface area contributed by atoms with Crippen molar-refractivity contribution in [3.05, 3.63) is 53.6 Å². The second kappa shape index (κ2) is 11.8. The van der Waals surface area contributed by atoms with Gasteiger partial charge in [-0.15, -0.1) is 0 Å². The Bertz CT molecular complexity index is 1080. The van der Waals surface area contributed by atoms with Crippen LogP contribution in [0.5, 0.6) is 5.75 Å². The molecule has 1 unspecified atom stereocenters. The lowest BCUT2D eigenvalue weighted by atomic mass is 10.1. The van der Waals surface area contributed by atoms with Gasteiger partial charge in [-0.2, -0.15) is 4.31 Å². The number of likely N-dealkylation sites (N-methyl/N-ethyl adjacent to an activating group) is 1. The molecule has 8 heteroatoms. The first-order chi connectivity index (χ1) is 16.3. The maximum Gasteiger partial charge on any atom is 0.256 e. The number of piperidine rings is 1. The number of benzene rings is 2. The zero-order chi connectivity index (χ0) is 24.7. The van der Waals surface area contributed by atoms with E-state index in [4.69, 9.17) is 4.74 Å². The van der Waals surface area contributed by atoms with Crippen molar-refractivity contribution in [2.24, 2.45) is 0 Å². The molecule has 1 aliphatic heterocycles. The molecule has 186 valence electrons. The molecule has 1 N–H and O–H groups in total. The van der Waals surface area contributed by atoms with Gasteiger partial charge in [0.2, 0.25) is 10.0 Å². The van der Waals surface area contributed by atoms with E-state index in [9.17, 15) is 13.2 Å². The standard InChI is InChI=1S/C26H37N3O4S/c1-5-28(6-2)17-18-33-25-13-8-7-12-24(25)27-26(30)23-19-22(15-14-20(23)3)34(31,32)29-16-10-9-11-21(29)4/h7-8,12-15,19,21H,5-6,9-11,16-18H2,1-4H3,(H,27,30). The van der Waals surface area contributed by atoms with Crippen LogP contribution in [0.1, 0.15) is 56.0 Å². The van der Waals surface area contributed by atoms with Crippen LogP contribution in [0.2, 0.25) is 0 Å². The van der Waals surface area contributed by atoms with E-state index in [1.807, 2.05) is 25.1 Å². The number of hydrogen-bond acceptors (Lipinski definition) is 5. The van der Waals surface area contributed by atoms with Crippen molar-refractivity contribution in [1.29, 1.82) is 0 Å². The summed E-state index contributed by atoms with van der Waals surface area (Å²) in [5.74, 6) is 0.229. The summed E-state index contributed by atoms with van der Waals surface area (Å²) >= 11 is 0. The summed E-state index contributed by atoms with van der Waals surface area (Å²) in [4.78, 5) is 15.6. The molecule has 0 spiro atoms. The van der Waals surface area contributed by atoms with Gasteiger partial charge < -0.3 is 15.0 Å². The van der Waals surface area contributed by atoms with Gasteiger partial charge in [-0.05, 0) is 69.6 Å². The van der Waals surface area contributed by atoms with E-state index in [1.54, 1.807) is 29.4 Å². The third kappa shape index (κ3) is 6.17. The Morgan fingerprint density at radius 2 is 1.88 bits per heavy atom. The van der Waals surface area contributed by atoms with Crippen LogP contribution in [0.4, 0.5) is 5.69 Å². The fourth-order valence-corrected chi connectivity index (χ4v) is 6.01. The van der Waals surface area contributed by atoms with Crippen molar-refractivity contribution < 1.29 is 17.9 Å². The number of nitrogens with one attached hydrogen (secondary N) is 1. The summed E-state index contributed by atoms with van der Waals surface area (Å²) in [7, 11) is -3.67. The monoisotopic (exact) mass is 487 g/mol. The van der Waals surface area contributed by atoms with Crippen LogP contribution < -0.4 is 10.1 Å². The van der Waals surface area contributed by atoms with Crippen LogP contribution in [0.25, 0.3) is 0 Å². The van der Waals surface area contributed by atoms with Crippen molar-refractivity contribution in [2.75, 3.05) is 38.1 Å². The molecule has 1 heterocycles. The van der Waals surface area contributed by atoms with Crippen molar-refractivity contribution in [3.63, 3.8) is 0 Å². The first-order valence-corrected chi connectivity index (χ1v) is 13.6. The maximum absolute atomic E-state index is 13.3. The maximum atomic E-state index is 13.3. The van der Waals surface area contributed by atoms with Gasteiger partial charge in [0.1, 0.15) is 12.4 Å². The highest BCUT2D eigenvalue weighted by atomic mass is 32.2. The molecule has 1 saturated heterocycles. The van der Waals surface area contributed by atoms with Crippen molar-refractivity contribution in [3.8, 4) is 5.75 Å². The average Bonchev–Trinajstić information content (AvgIpc) is 2.83. The zero-order valence-corrected chi connectivity index (χ0v) is 21.5. The fraction of sp³-hybridized carbons (Fsp3) is 0.500. The number of sulfonamides is 1. The smallest absolute Gasteiger partial charge is 0.256 e. The van der Waals surface area contributed by atoms with E-state index < -0.39 is 10.0 Å². The molecule has 0 radical (unpaired) electrons. The molecular weight excluding hydrogens is 450 g/mol. The predicted octanol–water partition coefficient (Wildman–Crippen LogP) is 4.53. The van der Waals surface area contributed by atoms with E-state index in [1.165, 1.54) is 6.07 Å². The number of hydrogen-bond donors (Lipinski definition) is 1. The lowest BCUT2D eigenvalue weighted by Gasteiger charge is -2.32. The topological polar surface area (TPSA) is 79.0 Å². The van der Waals surface area contributed by atoms with Gasteiger partial charge >= 0.3 is 0 Å².